The molecule has 1 aliphatic rings. The lowest BCUT2D eigenvalue weighted by Crippen LogP contribution is -2.46. The van der Waals surface area contributed by atoms with Crippen molar-refractivity contribution >= 4 is 29.1 Å². The van der Waals surface area contributed by atoms with Gasteiger partial charge in [-0.15, -0.1) is 0 Å². The topological polar surface area (TPSA) is 82.2 Å². The molecule has 0 radical (unpaired) electrons. The molecule has 0 unspecified atom stereocenters. The molecule has 0 aromatic rings. The maximum Gasteiger partial charge on any atom is 0.328 e. The monoisotopic (exact) mass is 224 g/mol. The number of carbonyl (C=O) groups is 1. The van der Waals surface area contributed by atoms with E-state index in [1.54, 1.807) is 12.2 Å². The van der Waals surface area contributed by atoms with E-state index in [0.29, 0.717) is 17.0 Å². The molecule has 0 atom stereocenters. The average Bonchev–Trinajstić information content (AvgIpc) is 2.20. The first-order valence-electron chi connectivity index (χ1n) is 4.33. The quantitative estimate of drug-likeness (QED) is 0.349. The van der Waals surface area contributed by atoms with Gasteiger partial charge in [0, 0.05) is 18.3 Å². The summed E-state index contributed by atoms with van der Waals surface area (Å²) in [5.74, 6) is -0.349. The number of hydrogen-bond acceptors (Lipinski definition) is 3. The Bertz CT molecular complexity index is 372. The van der Waals surface area contributed by atoms with Crippen LogP contribution in [0.1, 0.15) is 6.42 Å². The molecular weight excluding hydrogens is 212 g/mol. The van der Waals surface area contributed by atoms with Crippen LogP contribution in [0.25, 0.3) is 0 Å². The summed E-state index contributed by atoms with van der Waals surface area (Å²) in [4.78, 5) is 13.1. The smallest absolute Gasteiger partial charge is 0.328 e. The standard InChI is InChI=1S/C9H12N4OS/c1-12-9(14)13(8(10)11)6-4-2-3-5-7(6)15/h2-4H,5H2,1H3,(H3,10,11)(H,12,14). The minimum atomic E-state index is -0.466. The second-order valence-electron chi connectivity index (χ2n) is 2.88. The minimum absolute atomic E-state index is 0.349. The lowest BCUT2D eigenvalue weighted by atomic mass is 10.1. The van der Waals surface area contributed by atoms with E-state index >= 15 is 0 Å². The van der Waals surface area contributed by atoms with Crippen LogP contribution in [0.2, 0.25) is 0 Å². The molecule has 4 N–H and O–H groups in total. The Labute approximate surface area is 93.1 Å². The number of rotatable bonds is 1. The van der Waals surface area contributed by atoms with Crippen LogP contribution >= 0.6 is 12.2 Å². The Morgan fingerprint density at radius 3 is 2.87 bits per heavy atom. The molecule has 0 spiro atoms. The highest BCUT2D eigenvalue weighted by atomic mass is 32.1. The van der Waals surface area contributed by atoms with Gasteiger partial charge >= 0.3 is 6.03 Å². The van der Waals surface area contributed by atoms with Gasteiger partial charge in [0.15, 0.2) is 0 Å². The van der Waals surface area contributed by atoms with Crippen molar-refractivity contribution in [1.29, 1.82) is 5.41 Å². The first-order chi connectivity index (χ1) is 7.07. The van der Waals surface area contributed by atoms with Gasteiger partial charge in [-0.2, -0.15) is 0 Å². The number of thiocarbonyl (C=S) groups is 1. The molecular formula is C9H12N4OS. The fourth-order valence-electron chi connectivity index (χ4n) is 1.19. The molecule has 0 aliphatic heterocycles. The molecule has 0 aromatic heterocycles. The van der Waals surface area contributed by atoms with E-state index in [1.807, 2.05) is 6.08 Å². The molecule has 5 nitrogen and oxygen atoms in total. The molecule has 0 bridgehead atoms. The van der Waals surface area contributed by atoms with Gasteiger partial charge in [-0.1, -0.05) is 24.4 Å². The van der Waals surface area contributed by atoms with E-state index in [2.05, 4.69) is 5.32 Å². The molecule has 1 aliphatic carbocycles. The van der Waals surface area contributed by atoms with Crippen LogP contribution in [0.15, 0.2) is 23.9 Å². The van der Waals surface area contributed by atoms with Crippen LogP contribution in [0, 0.1) is 5.41 Å². The minimum Gasteiger partial charge on any atom is -0.369 e. The van der Waals surface area contributed by atoms with Gasteiger partial charge in [0.25, 0.3) is 0 Å². The van der Waals surface area contributed by atoms with E-state index in [1.165, 1.54) is 7.05 Å². The van der Waals surface area contributed by atoms with Crippen molar-refractivity contribution < 1.29 is 4.79 Å². The Kier molecular flexibility index (Phi) is 3.56. The number of carbonyl (C=O) groups excluding carboxylic acids is 1. The van der Waals surface area contributed by atoms with Crippen LogP contribution in [0.4, 0.5) is 4.79 Å². The third-order valence-electron chi connectivity index (χ3n) is 1.88. The molecule has 6 heteroatoms. The number of nitrogens with zero attached hydrogens (tertiary/aromatic N) is 1. The zero-order chi connectivity index (χ0) is 11.4. The van der Waals surface area contributed by atoms with E-state index in [0.717, 1.165) is 4.90 Å². The average molecular weight is 224 g/mol. The van der Waals surface area contributed by atoms with E-state index in [-0.39, 0.29) is 5.96 Å². The Morgan fingerprint density at radius 2 is 2.40 bits per heavy atom. The number of guanidine groups is 1. The van der Waals surface area contributed by atoms with Gasteiger partial charge in [0.05, 0.1) is 5.70 Å². The Hall–Kier alpha value is -1.69. The Balaban J connectivity index is 3.04. The number of allylic oxidation sites excluding steroid dienone is 4. The van der Waals surface area contributed by atoms with Gasteiger partial charge in [-0.05, 0) is 6.08 Å². The van der Waals surface area contributed by atoms with Crippen molar-refractivity contribution in [1.82, 2.24) is 10.2 Å². The van der Waals surface area contributed by atoms with Crippen LogP contribution in [-0.4, -0.2) is 28.8 Å². The fourth-order valence-corrected chi connectivity index (χ4v) is 1.45. The van der Waals surface area contributed by atoms with Crippen molar-refractivity contribution in [2.75, 3.05) is 7.05 Å². The molecule has 0 saturated carbocycles. The molecule has 0 saturated heterocycles. The lowest BCUT2D eigenvalue weighted by molar-refractivity contribution is 0.230. The van der Waals surface area contributed by atoms with Gasteiger partial charge in [0.1, 0.15) is 0 Å². The zero-order valence-corrected chi connectivity index (χ0v) is 9.10. The van der Waals surface area contributed by atoms with Crippen molar-refractivity contribution in [3.63, 3.8) is 0 Å². The molecule has 2 amide bonds. The largest absolute Gasteiger partial charge is 0.369 e. The highest BCUT2D eigenvalue weighted by molar-refractivity contribution is 7.80. The van der Waals surface area contributed by atoms with Gasteiger partial charge in [-0.3, -0.25) is 5.41 Å². The summed E-state index contributed by atoms with van der Waals surface area (Å²) < 4.78 is 0. The first-order valence-corrected chi connectivity index (χ1v) is 4.74. The molecule has 0 aromatic carbocycles. The van der Waals surface area contributed by atoms with Crippen LogP contribution in [-0.2, 0) is 0 Å². The second-order valence-corrected chi connectivity index (χ2v) is 3.38. The van der Waals surface area contributed by atoms with Gasteiger partial charge in [-0.25, -0.2) is 9.69 Å². The molecule has 1 rings (SSSR count). The molecule has 80 valence electrons. The highest BCUT2D eigenvalue weighted by Crippen LogP contribution is 2.14. The molecule has 0 fully saturated rings. The van der Waals surface area contributed by atoms with Gasteiger partial charge in [0.2, 0.25) is 5.96 Å². The summed E-state index contributed by atoms with van der Waals surface area (Å²) in [6.45, 7) is 0. The summed E-state index contributed by atoms with van der Waals surface area (Å²) in [6.07, 6.45) is 5.92. The summed E-state index contributed by atoms with van der Waals surface area (Å²) in [5.41, 5.74) is 5.82. The van der Waals surface area contributed by atoms with Crippen LogP contribution in [0.3, 0.4) is 0 Å². The normalized spacial score (nSPS) is 14.5. The second kappa shape index (κ2) is 4.70. The number of urea groups is 1. The number of amides is 2. The van der Waals surface area contributed by atoms with Crippen molar-refractivity contribution in [3.8, 4) is 0 Å². The summed E-state index contributed by atoms with van der Waals surface area (Å²) in [7, 11) is 1.47. The zero-order valence-electron chi connectivity index (χ0n) is 8.28. The fraction of sp³-hybridized carbons (Fsp3) is 0.222. The number of nitrogens with one attached hydrogen (secondary N) is 2. The lowest BCUT2D eigenvalue weighted by Gasteiger charge is -2.24. The van der Waals surface area contributed by atoms with Crippen molar-refractivity contribution in [2.45, 2.75) is 6.42 Å². The SMILES string of the molecule is CNC(=O)N(C(=N)N)C1=CC=CCC1=S. The van der Waals surface area contributed by atoms with Gasteiger partial charge < -0.3 is 11.1 Å². The first kappa shape index (κ1) is 11.4. The van der Waals surface area contributed by atoms with E-state index in [9.17, 15) is 4.79 Å². The third-order valence-corrected chi connectivity index (χ3v) is 2.25. The number of nitrogens with two attached hydrogens (primary N) is 1. The summed E-state index contributed by atoms with van der Waals surface area (Å²) >= 11 is 5.10. The Morgan fingerprint density at radius 1 is 1.73 bits per heavy atom. The third kappa shape index (κ3) is 2.41. The summed E-state index contributed by atoms with van der Waals surface area (Å²) in [6, 6.07) is -0.466. The number of hydrogen-bond donors (Lipinski definition) is 3. The predicted molar refractivity (Wildman–Crippen MR) is 62.6 cm³/mol. The maximum atomic E-state index is 11.5. The van der Waals surface area contributed by atoms with E-state index < -0.39 is 6.03 Å². The molecule has 15 heavy (non-hydrogen) atoms. The summed E-state index contributed by atoms with van der Waals surface area (Å²) in [5, 5.41) is 9.74. The van der Waals surface area contributed by atoms with Crippen molar-refractivity contribution in [2.24, 2.45) is 5.73 Å². The van der Waals surface area contributed by atoms with Crippen LogP contribution in [0.5, 0.6) is 0 Å². The van der Waals surface area contributed by atoms with Crippen molar-refractivity contribution in [3.05, 3.63) is 23.9 Å². The predicted octanol–water partition coefficient (Wildman–Crippen LogP) is 0.735. The van der Waals surface area contributed by atoms with Crippen LogP contribution < -0.4 is 11.1 Å². The highest BCUT2D eigenvalue weighted by Gasteiger charge is 2.22. The van der Waals surface area contributed by atoms with E-state index in [4.69, 9.17) is 23.4 Å². The maximum absolute atomic E-state index is 11.5. The molecule has 0 heterocycles.